The van der Waals surface area contributed by atoms with Crippen LogP contribution >= 0.6 is 0 Å². The van der Waals surface area contributed by atoms with E-state index in [9.17, 15) is 12.8 Å². The van der Waals surface area contributed by atoms with Gasteiger partial charge in [-0.05, 0) is 24.6 Å². The molecule has 0 unspecified atom stereocenters. The second kappa shape index (κ2) is 3.89. The van der Waals surface area contributed by atoms with Crippen molar-refractivity contribution in [3.8, 4) is 0 Å². The van der Waals surface area contributed by atoms with Gasteiger partial charge < -0.3 is 0 Å². The van der Waals surface area contributed by atoms with E-state index in [0.29, 0.717) is 0 Å². The van der Waals surface area contributed by atoms with Crippen LogP contribution in [0.15, 0.2) is 29.4 Å². The van der Waals surface area contributed by atoms with Crippen LogP contribution in [0.1, 0.15) is 11.1 Å². The largest absolute Gasteiger partial charge is 0.295 e. The number of rotatable bonds is 2. The minimum atomic E-state index is -4.29. The lowest BCUT2D eigenvalue weighted by atomic mass is 10.1. The molecule has 0 fully saturated rings. The van der Waals surface area contributed by atoms with Gasteiger partial charge in [-0.3, -0.25) is 4.55 Å². The van der Waals surface area contributed by atoms with E-state index in [1.165, 1.54) is 18.2 Å². The third-order valence-electron chi connectivity index (χ3n) is 1.69. The lowest BCUT2D eigenvalue weighted by Gasteiger charge is -2.03. The fraction of sp³-hybridized carbons (Fsp3) is 0.111. The zero-order valence-electron chi connectivity index (χ0n) is 7.44. The summed E-state index contributed by atoms with van der Waals surface area (Å²) < 4.78 is 42.4. The molecule has 0 aromatic heterocycles. The van der Waals surface area contributed by atoms with Crippen molar-refractivity contribution >= 4 is 16.2 Å². The average Bonchev–Trinajstić information content (AvgIpc) is 2.02. The van der Waals surface area contributed by atoms with Gasteiger partial charge in [0.15, 0.2) is 0 Å². The topological polar surface area (TPSA) is 54.4 Å². The van der Waals surface area contributed by atoms with Crippen molar-refractivity contribution in [2.75, 3.05) is 0 Å². The number of aryl methyl sites for hydroxylation is 1. The molecule has 1 rings (SSSR count). The maximum Gasteiger partial charge on any atom is 0.295 e. The summed E-state index contributed by atoms with van der Waals surface area (Å²) in [6, 6.07) is 4.23. The van der Waals surface area contributed by atoms with E-state index in [1.807, 2.05) is 0 Å². The van der Waals surface area contributed by atoms with Crippen LogP contribution in [0.5, 0.6) is 0 Å². The minimum Gasteiger partial charge on any atom is -0.282 e. The predicted molar refractivity (Wildman–Crippen MR) is 51.1 cm³/mol. The van der Waals surface area contributed by atoms with E-state index in [1.54, 1.807) is 6.92 Å². The number of halogens is 1. The summed E-state index contributed by atoms with van der Waals surface area (Å²) in [6.07, 6.45) is 1.21. The molecule has 0 saturated heterocycles. The van der Waals surface area contributed by atoms with E-state index in [-0.39, 0.29) is 16.8 Å². The summed E-state index contributed by atoms with van der Waals surface area (Å²) in [6.45, 7) is 1.74. The molecular weight excluding hydrogens is 207 g/mol. The maximum atomic E-state index is 11.9. The van der Waals surface area contributed by atoms with Gasteiger partial charge in [-0.1, -0.05) is 17.7 Å². The molecule has 0 saturated carbocycles. The second-order valence-electron chi connectivity index (χ2n) is 2.81. The van der Waals surface area contributed by atoms with Crippen molar-refractivity contribution < 1.29 is 17.4 Å². The quantitative estimate of drug-likeness (QED) is 0.771. The molecule has 0 atom stereocenters. The Hall–Kier alpha value is -1.20. The first kappa shape index (κ1) is 10.9. The molecule has 0 amide bonds. The highest BCUT2D eigenvalue weighted by Gasteiger charge is 2.13. The molecule has 0 bridgehead atoms. The second-order valence-corrected chi connectivity index (χ2v) is 4.20. The molecule has 1 aromatic carbocycles. The smallest absolute Gasteiger partial charge is 0.282 e. The summed E-state index contributed by atoms with van der Waals surface area (Å²) >= 11 is 0. The lowest BCUT2D eigenvalue weighted by molar-refractivity contribution is 0.483. The van der Waals surface area contributed by atoms with E-state index >= 15 is 0 Å². The average molecular weight is 216 g/mol. The van der Waals surface area contributed by atoms with Gasteiger partial charge in [-0.25, -0.2) is 4.39 Å². The molecule has 0 aliphatic rings. The third kappa shape index (κ3) is 2.40. The Bertz CT molecular complexity index is 463. The Morgan fingerprint density at radius 1 is 1.43 bits per heavy atom. The normalized spacial score (nSPS) is 12.2. The molecule has 0 heterocycles. The molecule has 76 valence electrons. The molecule has 0 aliphatic heterocycles. The monoisotopic (exact) mass is 216 g/mol. The summed E-state index contributed by atoms with van der Waals surface area (Å²) in [5, 5.41) is 0. The molecule has 0 aliphatic carbocycles. The van der Waals surface area contributed by atoms with Gasteiger partial charge in [0.25, 0.3) is 10.1 Å². The van der Waals surface area contributed by atoms with Gasteiger partial charge >= 0.3 is 0 Å². The lowest BCUT2D eigenvalue weighted by Crippen LogP contribution is -2.00. The number of benzene rings is 1. The summed E-state index contributed by atoms with van der Waals surface area (Å²) in [5.41, 5.74) is 0.917. The van der Waals surface area contributed by atoms with Crippen molar-refractivity contribution in [3.05, 3.63) is 35.7 Å². The fourth-order valence-electron chi connectivity index (χ4n) is 1.10. The molecule has 3 nitrogen and oxygen atoms in total. The zero-order chi connectivity index (χ0) is 10.8. The Kier molecular flexibility index (Phi) is 3.03. The van der Waals surface area contributed by atoms with Crippen LogP contribution in [0.4, 0.5) is 4.39 Å². The Labute approximate surface area is 81.6 Å². The standard InChI is InChI=1S/C9H9FO3S/c1-7-2-3-9(14(11,12)13)8(6-7)4-5-10/h2-6H,1H3,(H,11,12,13). The summed E-state index contributed by atoms with van der Waals surface area (Å²) in [4.78, 5) is -0.294. The first-order valence-electron chi connectivity index (χ1n) is 3.80. The van der Waals surface area contributed by atoms with Gasteiger partial charge in [0.2, 0.25) is 0 Å². The van der Waals surface area contributed by atoms with Gasteiger partial charge in [0, 0.05) is 0 Å². The van der Waals surface area contributed by atoms with Crippen LogP contribution in [0.3, 0.4) is 0 Å². The maximum absolute atomic E-state index is 11.9. The first-order chi connectivity index (χ1) is 6.45. The van der Waals surface area contributed by atoms with Gasteiger partial charge in [-0.15, -0.1) is 0 Å². The molecule has 0 spiro atoms. The van der Waals surface area contributed by atoms with Crippen LogP contribution in [0.25, 0.3) is 6.08 Å². The molecule has 14 heavy (non-hydrogen) atoms. The van der Waals surface area contributed by atoms with Crippen LogP contribution in [-0.4, -0.2) is 13.0 Å². The van der Waals surface area contributed by atoms with Crippen molar-refractivity contribution in [1.29, 1.82) is 0 Å². The summed E-state index contributed by atoms with van der Waals surface area (Å²) in [5.74, 6) is 0. The number of hydrogen-bond donors (Lipinski definition) is 1. The molecular formula is C9H9FO3S. The molecule has 5 heteroatoms. The van der Waals surface area contributed by atoms with Crippen LogP contribution in [-0.2, 0) is 10.1 Å². The summed E-state index contributed by atoms with van der Waals surface area (Å²) in [7, 11) is -4.29. The van der Waals surface area contributed by atoms with Gasteiger partial charge in [-0.2, -0.15) is 8.42 Å². The number of hydrogen-bond acceptors (Lipinski definition) is 2. The van der Waals surface area contributed by atoms with Crippen LogP contribution < -0.4 is 0 Å². The highest BCUT2D eigenvalue weighted by Crippen LogP contribution is 2.18. The zero-order valence-corrected chi connectivity index (χ0v) is 8.25. The highest BCUT2D eigenvalue weighted by atomic mass is 32.2. The van der Waals surface area contributed by atoms with E-state index in [4.69, 9.17) is 4.55 Å². The van der Waals surface area contributed by atoms with Crippen molar-refractivity contribution in [2.24, 2.45) is 0 Å². The fourth-order valence-corrected chi connectivity index (χ4v) is 1.77. The highest BCUT2D eigenvalue weighted by molar-refractivity contribution is 7.85. The van der Waals surface area contributed by atoms with Crippen LogP contribution in [0.2, 0.25) is 0 Å². The molecule has 0 radical (unpaired) electrons. The molecule has 1 N–H and O–H groups in total. The molecule has 1 aromatic rings. The predicted octanol–water partition coefficient (Wildman–Crippen LogP) is 2.18. The van der Waals surface area contributed by atoms with E-state index in [2.05, 4.69) is 0 Å². The minimum absolute atomic E-state index is 0.134. The van der Waals surface area contributed by atoms with E-state index < -0.39 is 10.1 Å². The van der Waals surface area contributed by atoms with Crippen molar-refractivity contribution in [3.63, 3.8) is 0 Å². The Balaban J connectivity index is 3.44. The SMILES string of the molecule is Cc1ccc(S(=O)(=O)O)c(C=CF)c1. The Morgan fingerprint density at radius 2 is 2.07 bits per heavy atom. The van der Waals surface area contributed by atoms with Crippen molar-refractivity contribution in [2.45, 2.75) is 11.8 Å². The van der Waals surface area contributed by atoms with Crippen LogP contribution in [0, 0.1) is 6.92 Å². The van der Waals surface area contributed by atoms with E-state index in [0.717, 1.165) is 11.6 Å². The van der Waals surface area contributed by atoms with Gasteiger partial charge in [0.1, 0.15) is 4.90 Å². The van der Waals surface area contributed by atoms with Gasteiger partial charge in [0.05, 0.1) is 6.33 Å². The first-order valence-corrected chi connectivity index (χ1v) is 5.24. The van der Waals surface area contributed by atoms with Crippen molar-refractivity contribution in [1.82, 2.24) is 0 Å². The third-order valence-corrected chi connectivity index (χ3v) is 2.61. The Morgan fingerprint density at radius 3 is 2.57 bits per heavy atom.